The van der Waals surface area contributed by atoms with E-state index in [1.807, 2.05) is 13.0 Å². The highest BCUT2D eigenvalue weighted by molar-refractivity contribution is 5.96. The fraction of sp³-hybridized carbons (Fsp3) is 0.524. The van der Waals surface area contributed by atoms with E-state index in [-0.39, 0.29) is 17.8 Å². The monoisotopic (exact) mass is 400 g/mol. The summed E-state index contributed by atoms with van der Waals surface area (Å²) in [6.45, 7) is 6.58. The Morgan fingerprint density at radius 3 is 2.34 bits per heavy atom. The van der Waals surface area contributed by atoms with Crippen molar-refractivity contribution >= 4 is 23.6 Å². The second kappa shape index (κ2) is 9.92. The summed E-state index contributed by atoms with van der Waals surface area (Å²) in [7, 11) is 0. The second-order valence-electron chi connectivity index (χ2n) is 7.27. The zero-order valence-corrected chi connectivity index (χ0v) is 17.2. The van der Waals surface area contributed by atoms with Crippen molar-refractivity contribution < 1.29 is 19.1 Å². The number of urea groups is 1. The van der Waals surface area contributed by atoms with Crippen LogP contribution in [-0.2, 0) is 14.3 Å². The lowest BCUT2D eigenvalue weighted by atomic mass is 9.92. The number of anilines is 1. The first-order valence-electron chi connectivity index (χ1n) is 9.88. The van der Waals surface area contributed by atoms with E-state index in [1.54, 1.807) is 43.0 Å². The minimum absolute atomic E-state index is 0.169. The number of nitrogens with zero attached hydrogens (tertiary/aromatic N) is 2. The predicted molar refractivity (Wildman–Crippen MR) is 108 cm³/mol. The Morgan fingerprint density at radius 2 is 1.83 bits per heavy atom. The van der Waals surface area contributed by atoms with Gasteiger partial charge >= 0.3 is 12.0 Å². The summed E-state index contributed by atoms with van der Waals surface area (Å²) in [6.07, 6.45) is 1.54. The molecule has 0 radical (unpaired) electrons. The Labute approximate surface area is 171 Å². The summed E-state index contributed by atoms with van der Waals surface area (Å²) < 4.78 is 5.06. The van der Waals surface area contributed by atoms with Crippen LogP contribution in [-0.4, -0.2) is 48.0 Å². The third-order valence-corrected chi connectivity index (χ3v) is 5.24. The van der Waals surface area contributed by atoms with Gasteiger partial charge in [0.25, 0.3) is 0 Å². The maximum Gasteiger partial charge on any atom is 0.320 e. The lowest BCUT2D eigenvalue weighted by Gasteiger charge is -2.38. The van der Waals surface area contributed by atoms with E-state index in [9.17, 15) is 14.4 Å². The van der Waals surface area contributed by atoms with Crippen molar-refractivity contribution in [3.8, 4) is 6.07 Å². The van der Waals surface area contributed by atoms with Crippen molar-refractivity contribution in [1.29, 1.82) is 5.26 Å². The largest absolute Gasteiger partial charge is 0.466 e. The molecule has 0 spiro atoms. The summed E-state index contributed by atoms with van der Waals surface area (Å²) in [5, 5.41) is 14.3. The van der Waals surface area contributed by atoms with Crippen LogP contribution in [0.5, 0.6) is 0 Å². The maximum absolute atomic E-state index is 13.1. The van der Waals surface area contributed by atoms with Crippen molar-refractivity contribution in [3.05, 3.63) is 29.8 Å². The first-order valence-corrected chi connectivity index (χ1v) is 9.88. The standard InChI is InChI=1S/C21H28N4O4/c1-4-21(3,24-20(28)23-17-8-6-15(14-22)7-9-17)19(27)25-12-10-16(11-13-25)18(26)29-5-2/h6-9,16H,4-5,10-13H2,1-3H3,(H2,23,24,28). The number of hydrogen-bond acceptors (Lipinski definition) is 5. The third-order valence-electron chi connectivity index (χ3n) is 5.24. The fourth-order valence-corrected chi connectivity index (χ4v) is 3.26. The Kier molecular flexibility index (Phi) is 7.59. The average Bonchev–Trinajstić information content (AvgIpc) is 2.73. The van der Waals surface area contributed by atoms with E-state index in [2.05, 4.69) is 10.6 Å². The van der Waals surface area contributed by atoms with Crippen molar-refractivity contribution in [2.45, 2.75) is 45.6 Å². The lowest BCUT2D eigenvalue weighted by Crippen LogP contribution is -2.59. The van der Waals surface area contributed by atoms with Crippen LogP contribution in [0.25, 0.3) is 0 Å². The molecule has 1 aliphatic rings. The minimum atomic E-state index is -1.06. The average molecular weight is 400 g/mol. The number of rotatable bonds is 6. The topological polar surface area (TPSA) is 112 Å². The van der Waals surface area contributed by atoms with Gasteiger partial charge in [0.1, 0.15) is 5.54 Å². The number of likely N-dealkylation sites (tertiary alicyclic amines) is 1. The second-order valence-corrected chi connectivity index (χ2v) is 7.27. The van der Waals surface area contributed by atoms with Crippen LogP contribution in [0.3, 0.4) is 0 Å². The molecule has 1 fully saturated rings. The number of ether oxygens (including phenoxy) is 1. The highest BCUT2D eigenvalue weighted by Crippen LogP contribution is 2.23. The minimum Gasteiger partial charge on any atom is -0.466 e. The number of nitrogens with one attached hydrogen (secondary N) is 2. The van der Waals surface area contributed by atoms with Crippen molar-refractivity contribution in [3.63, 3.8) is 0 Å². The third kappa shape index (κ3) is 5.70. The molecular formula is C21H28N4O4. The molecule has 2 N–H and O–H groups in total. The molecule has 8 heteroatoms. The van der Waals surface area contributed by atoms with Gasteiger partial charge in [0.05, 0.1) is 24.2 Å². The Hall–Kier alpha value is -3.08. The van der Waals surface area contributed by atoms with Gasteiger partial charge in [-0.3, -0.25) is 9.59 Å². The first kappa shape index (κ1) is 22.2. The quantitative estimate of drug-likeness (QED) is 0.713. The zero-order chi connectivity index (χ0) is 21.4. The van der Waals surface area contributed by atoms with E-state index in [1.165, 1.54) is 0 Å². The Balaban J connectivity index is 1.95. The van der Waals surface area contributed by atoms with Gasteiger partial charge in [-0.15, -0.1) is 0 Å². The van der Waals surface area contributed by atoms with Crippen molar-refractivity contribution in [2.75, 3.05) is 25.0 Å². The molecule has 0 saturated carbocycles. The number of piperidine rings is 1. The molecule has 1 heterocycles. The van der Waals surface area contributed by atoms with Gasteiger partial charge in [0.15, 0.2) is 0 Å². The number of amides is 3. The normalized spacial score (nSPS) is 16.3. The Morgan fingerprint density at radius 1 is 1.21 bits per heavy atom. The molecule has 1 aliphatic heterocycles. The SMILES string of the molecule is CCOC(=O)C1CCN(C(=O)C(C)(CC)NC(=O)Nc2ccc(C#N)cc2)CC1. The number of hydrogen-bond donors (Lipinski definition) is 2. The number of benzene rings is 1. The number of esters is 1. The van der Waals surface area contributed by atoms with Crippen LogP contribution in [0, 0.1) is 17.2 Å². The van der Waals surface area contributed by atoms with E-state index in [4.69, 9.17) is 10.00 Å². The molecule has 1 aromatic rings. The van der Waals surface area contributed by atoms with E-state index in [0.29, 0.717) is 50.2 Å². The molecule has 0 bridgehead atoms. The number of carbonyl (C=O) groups excluding carboxylic acids is 3. The van der Waals surface area contributed by atoms with Gasteiger partial charge in [0.2, 0.25) is 5.91 Å². The molecule has 1 unspecified atom stereocenters. The molecule has 8 nitrogen and oxygen atoms in total. The van der Waals surface area contributed by atoms with Crippen LogP contribution in [0.1, 0.15) is 45.6 Å². The highest BCUT2D eigenvalue weighted by Gasteiger charge is 2.39. The van der Waals surface area contributed by atoms with Crippen molar-refractivity contribution in [1.82, 2.24) is 10.2 Å². The van der Waals surface area contributed by atoms with Gasteiger partial charge in [0, 0.05) is 18.8 Å². The molecule has 1 atom stereocenters. The molecular weight excluding hydrogens is 372 g/mol. The lowest BCUT2D eigenvalue weighted by molar-refractivity contribution is -0.152. The van der Waals surface area contributed by atoms with E-state index >= 15 is 0 Å². The zero-order valence-electron chi connectivity index (χ0n) is 17.2. The maximum atomic E-state index is 13.1. The van der Waals surface area contributed by atoms with E-state index < -0.39 is 11.6 Å². The van der Waals surface area contributed by atoms with Crippen LogP contribution in [0.4, 0.5) is 10.5 Å². The number of nitriles is 1. The van der Waals surface area contributed by atoms with Gasteiger partial charge in [-0.2, -0.15) is 5.26 Å². The summed E-state index contributed by atoms with van der Waals surface area (Å²) in [6, 6.07) is 7.99. The molecule has 1 saturated heterocycles. The van der Waals surface area contributed by atoms with Crippen LogP contribution >= 0.6 is 0 Å². The van der Waals surface area contributed by atoms with E-state index in [0.717, 1.165) is 0 Å². The molecule has 1 aromatic carbocycles. The first-order chi connectivity index (χ1) is 13.8. The summed E-state index contributed by atoms with van der Waals surface area (Å²) in [4.78, 5) is 39.1. The molecule has 156 valence electrons. The Bertz CT molecular complexity index is 779. The molecule has 2 rings (SSSR count). The van der Waals surface area contributed by atoms with Gasteiger partial charge < -0.3 is 20.3 Å². The summed E-state index contributed by atoms with van der Waals surface area (Å²) in [5.41, 5.74) is -0.0358. The molecule has 0 aliphatic carbocycles. The number of carbonyl (C=O) groups is 3. The predicted octanol–water partition coefficient (Wildman–Crippen LogP) is 2.65. The van der Waals surface area contributed by atoms with Crippen LogP contribution < -0.4 is 10.6 Å². The summed E-state index contributed by atoms with van der Waals surface area (Å²) in [5.74, 6) is -0.561. The molecule has 29 heavy (non-hydrogen) atoms. The van der Waals surface area contributed by atoms with Crippen LogP contribution in [0.2, 0.25) is 0 Å². The highest BCUT2D eigenvalue weighted by atomic mass is 16.5. The summed E-state index contributed by atoms with van der Waals surface area (Å²) >= 11 is 0. The fourth-order valence-electron chi connectivity index (χ4n) is 3.26. The van der Waals surface area contributed by atoms with Gasteiger partial charge in [-0.1, -0.05) is 6.92 Å². The molecule has 3 amide bonds. The smallest absolute Gasteiger partial charge is 0.320 e. The molecule has 0 aromatic heterocycles. The van der Waals surface area contributed by atoms with Gasteiger partial charge in [-0.05, 0) is 57.4 Å². The van der Waals surface area contributed by atoms with Crippen molar-refractivity contribution in [2.24, 2.45) is 5.92 Å². The van der Waals surface area contributed by atoms with Gasteiger partial charge in [-0.25, -0.2) is 4.79 Å². The van der Waals surface area contributed by atoms with Crippen LogP contribution in [0.15, 0.2) is 24.3 Å².